The molecule has 30 heavy (non-hydrogen) atoms. The quantitative estimate of drug-likeness (QED) is 0.564. The summed E-state index contributed by atoms with van der Waals surface area (Å²) >= 11 is 5.93. The van der Waals surface area contributed by atoms with Gasteiger partial charge in [0.05, 0.1) is 5.69 Å². The Balaban J connectivity index is 1.41. The van der Waals surface area contributed by atoms with E-state index in [0.29, 0.717) is 12.2 Å². The molecule has 1 aliphatic rings. The van der Waals surface area contributed by atoms with Gasteiger partial charge in [-0.2, -0.15) is 0 Å². The molecule has 3 N–H and O–H groups in total. The molecule has 1 saturated heterocycles. The number of nitrogens with one attached hydrogen (secondary N) is 2. The summed E-state index contributed by atoms with van der Waals surface area (Å²) in [6, 6.07) is 12.0. The van der Waals surface area contributed by atoms with Crippen LogP contribution in [0.1, 0.15) is 18.9 Å². The number of likely N-dealkylation sites (tertiary alicyclic amines) is 1. The monoisotopic (exact) mass is 435 g/mol. The Morgan fingerprint density at radius 2 is 2.10 bits per heavy atom. The molecule has 2 atom stereocenters. The number of rotatable bonds is 9. The fourth-order valence-electron chi connectivity index (χ4n) is 3.45. The summed E-state index contributed by atoms with van der Waals surface area (Å²) < 4.78 is 19.0. The number of ether oxygens (including phenoxy) is 1. The third-order valence-corrected chi connectivity index (χ3v) is 5.17. The van der Waals surface area contributed by atoms with E-state index in [0.717, 1.165) is 31.1 Å². The summed E-state index contributed by atoms with van der Waals surface area (Å²) in [6.07, 6.45) is 0.237. The molecular formula is C22H27ClFN3O3. The Bertz CT molecular complexity index is 850. The summed E-state index contributed by atoms with van der Waals surface area (Å²) in [7, 11) is 0. The van der Waals surface area contributed by atoms with Crippen LogP contribution in [0.4, 0.5) is 10.1 Å². The molecule has 1 fully saturated rings. The van der Waals surface area contributed by atoms with Crippen molar-refractivity contribution in [3.05, 3.63) is 58.9 Å². The number of halogens is 2. The van der Waals surface area contributed by atoms with Crippen molar-refractivity contribution in [3.63, 3.8) is 0 Å². The maximum Gasteiger partial charge on any atom is 0.221 e. The molecular weight excluding hydrogens is 409 g/mol. The van der Waals surface area contributed by atoms with Crippen LogP contribution in [0.2, 0.25) is 5.02 Å². The highest BCUT2D eigenvalue weighted by atomic mass is 35.5. The van der Waals surface area contributed by atoms with Crippen LogP contribution in [-0.4, -0.2) is 54.3 Å². The molecule has 0 bridgehead atoms. The first kappa shape index (κ1) is 22.5. The Kier molecular flexibility index (Phi) is 8.04. The molecule has 2 aromatic carbocycles. The summed E-state index contributed by atoms with van der Waals surface area (Å²) in [4.78, 5) is 13.6. The highest BCUT2D eigenvalue weighted by Gasteiger charge is 2.23. The average molecular weight is 436 g/mol. The lowest BCUT2D eigenvalue weighted by Gasteiger charge is -2.19. The molecule has 6 nitrogen and oxygen atoms in total. The average Bonchev–Trinajstić information content (AvgIpc) is 3.15. The molecule has 0 spiro atoms. The second-order valence-corrected chi connectivity index (χ2v) is 7.98. The smallest absolute Gasteiger partial charge is 0.221 e. The second-order valence-electron chi connectivity index (χ2n) is 7.54. The van der Waals surface area contributed by atoms with E-state index in [1.807, 2.05) is 24.3 Å². The van der Waals surface area contributed by atoms with E-state index in [1.54, 1.807) is 0 Å². The number of anilines is 1. The van der Waals surface area contributed by atoms with Crippen LogP contribution in [0.25, 0.3) is 0 Å². The minimum absolute atomic E-state index is 0.00968. The molecule has 1 amide bonds. The number of aliphatic hydroxyl groups excluding tert-OH is 1. The molecule has 0 radical (unpaired) electrons. The van der Waals surface area contributed by atoms with Crippen molar-refractivity contribution < 1.29 is 19.0 Å². The van der Waals surface area contributed by atoms with Gasteiger partial charge in [-0.3, -0.25) is 9.69 Å². The predicted octanol–water partition coefficient (Wildman–Crippen LogP) is 3.04. The molecule has 1 heterocycles. The Morgan fingerprint density at radius 3 is 2.83 bits per heavy atom. The van der Waals surface area contributed by atoms with E-state index in [4.69, 9.17) is 16.3 Å². The normalized spacial score (nSPS) is 17.7. The van der Waals surface area contributed by atoms with Gasteiger partial charge in [0, 0.05) is 50.2 Å². The van der Waals surface area contributed by atoms with Crippen molar-refractivity contribution >= 4 is 23.2 Å². The molecule has 0 aliphatic carbocycles. The van der Waals surface area contributed by atoms with Crippen LogP contribution >= 0.6 is 11.6 Å². The van der Waals surface area contributed by atoms with Crippen LogP contribution in [0, 0.1) is 5.82 Å². The van der Waals surface area contributed by atoms with Crippen LogP contribution < -0.4 is 15.4 Å². The van der Waals surface area contributed by atoms with Crippen molar-refractivity contribution in [2.75, 3.05) is 31.6 Å². The van der Waals surface area contributed by atoms with Crippen molar-refractivity contribution in [2.45, 2.75) is 32.0 Å². The fraction of sp³-hybridized carbons (Fsp3) is 0.409. The van der Waals surface area contributed by atoms with E-state index in [-0.39, 0.29) is 24.3 Å². The molecule has 1 aliphatic heterocycles. The van der Waals surface area contributed by atoms with Gasteiger partial charge in [-0.1, -0.05) is 23.7 Å². The molecule has 8 heteroatoms. The third kappa shape index (κ3) is 6.95. The van der Waals surface area contributed by atoms with Gasteiger partial charge in [-0.25, -0.2) is 4.39 Å². The fourth-order valence-corrected chi connectivity index (χ4v) is 3.57. The molecule has 162 valence electrons. The third-order valence-electron chi connectivity index (χ3n) is 4.92. The standard InChI is InChI=1S/C22H27ClFN3O3/c1-15(28)26-21-7-6-18(24)10-22(21)30-14-20(29)11-25-19-8-9-27(13-19)12-16-2-4-17(23)5-3-16/h2-7,10,19-20,25,29H,8-9,11-14H2,1H3,(H,26,28)/t19-,20-/m0/s1. The first-order valence-corrected chi connectivity index (χ1v) is 10.3. The Labute approximate surface area is 181 Å². The van der Waals surface area contributed by atoms with Gasteiger partial charge < -0.3 is 20.5 Å². The highest BCUT2D eigenvalue weighted by Crippen LogP contribution is 2.25. The number of carbonyl (C=O) groups excluding carboxylic acids is 1. The zero-order valence-electron chi connectivity index (χ0n) is 16.9. The summed E-state index contributed by atoms with van der Waals surface area (Å²) in [5.41, 5.74) is 1.59. The summed E-state index contributed by atoms with van der Waals surface area (Å²) in [5.74, 6) is -0.559. The highest BCUT2D eigenvalue weighted by molar-refractivity contribution is 6.30. The maximum absolute atomic E-state index is 13.5. The largest absolute Gasteiger partial charge is 0.489 e. The summed E-state index contributed by atoms with van der Waals surface area (Å²) in [5, 5.41) is 16.9. The number of nitrogens with zero attached hydrogens (tertiary/aromatic N) is 1. The molecule has 0 unspecified atom stereocenters. The van der Waals surface area contributed by atoms with Gasteiger partial charge in [-0.15, -0.1) is 0 Å². The minimum Gasteiger partial charge on any atom is -0.489 e. The van der Waals surface area contributed by atoms with Crippen LogP contribution in [0.5, 0.6) is 5.75 Å². The zero-order chi connectivity index (χ0) is 21.5. The zero-order valence-corrected chi connectivity index (χ0v) is 17.7. The number of aliphatic hydroxyl groups is 1. The van der Waals surface area contributed by atoms with Gasteiger partial charge in [0.25, 0.3) is 0 Å². The SMILES string of the molecule is CC(=O)Nc1ccc(F)cc1OC[C@@H](O)CN[C@H]1CCN(Cc2ccc(Cl)cc2)C1. The van der Waals surface area contributed by atoms with Gasteiger partial charge >= 0.3 is 0 Å². The lowest BCUT2D eigenvalue weighted by Crippen LogP contribution is -2.39. The lowest BCUT2D eigenvalue weighted by molar-refractivity contribution is -0.114. The Morgan fingerprint density at radius 1 is 1.33 bits per heavy atom. The van der Waals surface area contributed by atoms with E-state index >= 15 is 0 Å². The molecule has 0 aromatic heterocycles. The number of hydrogen-bond acceptors (Lipinski definition) is 5. The minimum atomic E-state index is -0.760. The lowest BCUT2D eigenvalue weighted by atomic mass is 10.2. The van der Waals surface area contributed by atoms with E-state index < -0.39 is 11.9 Å². The van der Waals surface area contributed by atoms with Gasteiger partial charge in [0.15, 0.2) is 0 Å². The number of benzene rings is 2. The molecule has 3 rings (SSSR count). The van der Waals surface area contributed by atoms with Gasteiger partial charge in [-0.05, 0) is 36.2 Å². The first-order chi connectivity index (χ1) is 14.4. The topological polar surface area (TPSA) is 73.8 Å². The molecule has 2 aromatic rings. The van der Waals surface area contributed by atoms with Crippen molar-refractivity contribution in [1.29, 1.82) is 0 Å². The first-order valence-electron chi connectivity index (χ1n) is 9.97. The molecule has 0 saturated carbocycles. The van der Waals surface area contributed by atoms with Gasteiger partial charge in [0.1, 0.15) is 24.3 Å². The van der Waals surface area contributed by atoms with Crippen LogP contribution in [0.15, 0.2) is 42.5 Å². The predicted molar refractivity (Wildman–Crippen MR) is 115 cm³/mol. The van der Waals surface area contributed by atoms with Crippen LogP contribution in [-0.2, 0) is 11.3 Å². The maximum atomic E-state index is 13.5. The van der Waals surface area contributed by atoms with E-state index in [1.165, 1.54) is 30.7 Å². The van der Waals surface area contributed by atoms with Crippen molar-refractivity contribution in [1.82, 2.24) is 10.2 Å². The number of hydrogen-bond donors (Lipinski definition) is 3. The van der Waals surface area contributed by atoms with Gasteiger partial charge in [0.2, 0.25) is 5.91 Å². The number of carbonyl (C=O) groups is 1. The summed E-state index contributed by atoms with van der Waals surface area (Å²) in [6.45, 7) is 4.47. The van der Waals surface area contributed by atoms with Crippen molar-refractivity contribution in [2.24, 2.45) is 0 Å². The van der Waals surface area contributed by atoms with E-state index in [9.17, 15) is 14.3 Å². The van der Waals surface area contributed by atoms with Crippen molar-refractivity contribution in [3.8, 4) is 5.75 Å². The Hall–Kier alpha value is -2.19. The number of amides is 1. The second kappa shape index (κ2) is 10.7. The van der Waals surface area contributed by atoms with E-state index in [2.05, 4.69) is 15.5 Å². The van der Waals surface area contributed by atoms with Crippen LogP contribution in [0.3, 0.4) is 0 Å².